The summed E-state index contributed by atoms with van der Waals surface area (Å²) in [7, 11) is 0. The standard InChI is InChI=1S/C26H30N8O2/c1-15-19-13-29-26(32-24(19)33(18-5-3-4-6-18)25(36)22(15)16(2)35)31-21-9-12-28-23-20(14-30-34(21)23)17-7-10-27-11-8-17/h9,12-14,17-18,27H,3-8,10-11H2,1-2H3,(H,29,31,32). The Labute approximate surface area is 208 Å². The fourth-order valence-corrected chi connectivity index (χ4v) is 5.85. The van der Waals surface area contributed by atoms with E-state index in [1.165, 1.54) is 6.92 Å². The van der Waals surface area contributed by atoms with E-state index in [1.807, 2.05) is 12.3 Å². The molecule has 10 nitrogen and oxygen atoms in total. The van der Waals surface area contributed by atoms with Gasteiger partial charge in [-0.05, 0) is 70.2 Å². The van der Waals surface area contributed by atoms with Gasteiger partial charge in [0, 0.05) is 29.4 Å². The molecular formula is C26H30N8O2. The summed E-state index contributed by atoms with van der Waals surface area (Å²) in [5, 5.41) is 12.0. The highest BCUT2D eigenvalue weighted by atomic mass is 16.1. The van der Waals surface area contributed by atoms with Crippen LogP contribution in [0.5, 0.6) is 0 Å². The van der Waals surface area contributed by atoms with Crippen LogP contribution < -0.4 is 16.2 Å². The molecular weight excluding hydrogens is 456 g/mol. The molecule has 0 unspecified atom stereocenters. The highest BCUT2D eigenvalue weighted by molar-refractivity contribution is 5.99. The van der Waals surface area contributed by atoms with Crippen molar-refractivity contribution in [3.63, 3.8) is 0 Å². The van der Waals surface area contributed by atoms with E-state index in [0.29, 0.717) is 28.9 Å². The molecule has 0 atom stereocenters. The minimum Gasteiger partial charge on any atom is -0.317 e. The summed E-state index contributed by atoms with van der Waals surface area (Å²) >= 11 is 0. The Morgan fingerprint density at radius 2 is 1.86 bits per heavy atom. The average Bonchev–Trinajstić information content (AvgIpc) is 3.55. The van der Waals surface area contributed by atoms with E-state index in [-0.39, 0.29) is 22.9 Å². The summed E-state index contributed by atoms with van der Waals surface area (Å²) in [6.07, 6.45) is 11.4. The molecule has 1 saturated heterocycles. The van der Waals surface area contributed by atoms with E-state index in [1.54, 1.807) is 28.4 Å². The fraction of sp³-hybridized carbons (Fsp3) is 0.462. The van der Waals surface area contributed by atoms with Gasteiger partial charge in [0.2, 0.25) is 5.95 Å². The Morgan fingerprint density at radius 1 is 1.08 bits per heavy atom. The number of hydrogen-bond donors (Lipinski definition) is 2. The van der Waals surface area contributed by atoms with Crippen LogP contribution in [-0.2, 0) is 0 Å². The van der Waals surface area contributed by atoms with Crippen LogP contribution >= 0.6 is 0 Å². The Kier molecular flexibility index (Phi) is 5.75. The van der Waals surface area contributed by atoms with Crippen molar-refractivity contribution in [3.05, 3.63) is 51.7 Å². The summed E-state index contributed by atoms with van der Waals surface area (Å²) in [5.74, 6) is 1.28. The van der Waals surface area contributed by atoms with Gasteiger partial charge in [-0.1, -0.05) is 12.8 Å². The quantitative estimate of drug-likeness (QED) is 0.410. The number of ketones is 1. The van der Waals surface area contributed by atoms with Crippen LogP contribution in [0, 0.1) is 6.92 Å². The third-order valence-corrected chi connectivity index (χ3v) is 7.70. The van der Waals surface area contributed by atoms with Crippen LogP contribution in [0.25, 0.3) is 16.7 Å². The minimum absolute atomic E-state index is 0.0349. The van der Waals surface area contributed by atoms with Crippen molar-refractivity contribution in [1.29, 1.82) is 0 Å². The summed E-state index contributed by atoms with van der Waals surface area (Å²) in [4.78, 5) is 39.8. The number of nitrogens with zero attached hydrogens (tertiary/aromatic N) is 6. The molecule has 1 aliphatic heterocycles. The van der Waals surface area contributed by atoms with Crippen molar-refractivity contribution in [2.45, 2.75) is 64.3 Å². The number of aryl methyl sites for hydroxylation is 1. The highest BCUT2D eigenvalue weighted by Gasteiger charge is 2.26. The summed E-state index contributed by atoms with van der Waals surface area (Å²) in [6, 6.07) is 1.88. The Bertz CT molecular complexity index is 1530. The van der Waals surface area contributed by atoms with Crippen LogP contribution in [0.1, 0.15) is 78.9 Å². The maximum absolute atomic E-state index is 13.5. The first-order chi connectivity index (χ1) is 17.5. The molecule has 2 fully saturated rings. The average molecular weight is 487 g/mol. The monoisotopic (exact) mass is 486 g/mol. The lowest BCUT2D eigenvalue weighted by Crippen LogP contribution is -2.30. The minimum atomic E-state index is -0.256. The van der Waals surface area contributed by atoms with Crippen molar-refractivity contribution < 1.29 is 4.79 Å². The molecule has 4 aromatic rings. The maximum atomic E-state index is 13.5. The number of rotatable bonds is 5. The first-order valence-corrected chi connectivity index (χ1v) is 12.8. The molecule has 0 bridgehead atoms. The summed E-state index contributed by atoms with van der Waals surface area (Å²) in [6.45, 7) is 5.24. The third kappa shape index (κ3) is 3.76. The molecule has 2 N–H and O–H groups in total. The molecule has 10 heteroatoms. The van der Waals surface area contributed by atoms with Gasteiger partial charge in [-0.3, -0.25) is 14.2 Å². The van der Waals surface area contributed by atoms with Crippen molar-refractivity contribution in [1.82, 2.24) is 34.4 Å². The van der Waals surface area contributed by atoms with Gasteiger partial charge in [0.15, 0.2) is 11.4 Å². The number of carbonyl (C=O) groups is 1. The van der Waals surface area contributed by atoms with E-state index in [9.17, 15) is 9.59 Å². The van der Waals surface area contributed by atoms with Crippen molar-refractivity contribution in [2.75, 3.05) is 18.4 Å². The Balaban J connectivity index is 1.44. The highest BCUT2D eigenvalue weighted by Crippen LogP contribution is 2.32. The van der Waals surface area contributed by atoms with E-state index in [0.717, 1.165) is 68.2 Å². The summed E-state index contributed by atoms with van der Waals surface area (Å²) < 4.78 is 3.52. The normalized spacial score (nSPS) is 17.3. The Hall–Kier alpha value is -3.66. The number of carbonyl (C=O) groups excluding carboxylic acids is 1. The van der Waals surface area contributed by atoms with Gasteiger partial charge in [-0.25, -0.2) is 9.97 Å². The lowest BCUT2D eigenvalue weighted by Gasteiger charge is -2.21. The molecule has 186 valence electrons. The predicted octanol–water partition coefficient (Wildman–Crippen LogP) is 3.67. The molecule has 2 aliphatic rings. The zero-order valence-corrected chi connectivity index (χ0v) is 20.6. The molecule has 0 radical (unpaired) electrons. The summed E-state index contributed by atoms with van der Waals surface area (Å²) in [5.41, 5.74) is 3.16. The molecule has 4 aromatic heterocycles. The number of aromatic nitrogens is 6. The van der Waals surface area contributed by atoms with Gasteiger partial charge in [-0.15, -0.1) is 0 Å². The predicted molar refractivity (Wildman–Crippen MR) is 137 cm³/mol. The van der Waals surface area contributed by atoms with Crippen molar-refractivity contribution >= 4 is 34.2 Å². The number of fused-ring (bicyclic) bond motifs is 2. The van der Waals surface area contributed by atoms with Crippen LogP contribution in [0.15, 0.2) is 29.5 Å². The molecule has 0 spiro atoms. The third-order valence-electron chi connectivity index (χ3n) is 7.70. The van der Waals surface area contributed by atoms with Crippen LogP contribution in [0.2, 0.25) is 0 Å². The molecule has 0 amide bonds. The molecule has 6 rings (SSSR count). The number of anilines is 2. The maximum Gasteiger partial charge on any atom is 0.263 e. The topological polar surface area (TPSA) is 119 Å². The second-order valence-corrected chi connectivity index (χ2v) is 9.92. The largest absolute Gasteiger partial charge is 0.317 e. The first-order valence-electron chi connectivity index (χ1n) is 12.8. The van der Waals surface area contributed by atoms with Gasteiger partial charge >= 0.3 is 0 Å². The molecule has 0 aromatic carbocycles. The molecule has 5 heterocycles. The first kappa shape index (κ1) is 22.8. The number of nitrogens with one attached hydrogen (secondary N) is 2. The van der Waals surface area contributed by atoms with Crippen LogP contribution in [-0.4, -0.2) is 48.0 Å². The van der Waals surface area contributed by atoms with Gasteiger partial charge in [-0.2, -0.15) is 14.6 Å². The zero-order valence-electron chi connectivity index (χ0n) is 20.6. The van der Waals surface area contributed by atoms with Gasteiger partial charge < -0.3 is 10.6 Å². The van der Waals surface area contributed by atoms with E-state index < -0.39 is 0 Å². The molecule has 36 heavy (non-hydrogen) atoms. The Morgan fingerprint density at radius 3 is 2.61 bits per heavy atom. The van der Waals surface area contributed by atoms with E-state index in [4.69, 9.17) is 4.98 Å². The lowest BCUT2D eigenvalue weighted by molar-refractivity contribution is 0.101. The van der Waals surface area contributed by atoms with E-state index in [2.05, 4.69) is 25.7 Å². The van der Waals surface area contributed by atoms with Gasteiger partial charge in [0.1, 0.15) is 11.5 Å². The lowest BCUT2D eigenvalue weighted by atomic mass is 9.92. The van der Waals surface area contributed by atoms with Crippen molar-refractivity contribution in [2.24, 2.45) is 0 Å². The number of Topliss-reactive ketones (excluding diaryl/α,β-unsaturated/α-hetero) is 1. The second-order valence-electron chi connectivity index (χ2n) is 9.92. The van der Waals surface area contributed by atoms with Gasteiger partial charge in [0.25, 0.3) is 5.56 Å². The number of pyridine rings is 1. The number of hydrogen-bond acceptors (Lipinski definition) is 8. The van der Waals surface area contributed by atoms with E-state index >= 15 is 0 Å². The van der Waals surface area contributed by atoms with Crippen LogP contribution in [0.4, 0.5) is 11.8 Å². The van der Waals surface area contributed by atoms with Gasteiger partial charge in [0.05, 0.1) is 11.8 Å². The molecule has 1 aliphatic carbocycles. The van der Waals surface area contributed by atoms with Crippen LogP contribution in [0.3, 0.4) is 0 Å². The fourth-order valence-electron chi connectivity index (χ4n) is 5.85. The smallest absolute Gasteiger partial charge is 0.263 e. The number of piperidine rings is 1. The SMILES string of the molecule is CC(=O)c1c(C)c2cnc(Nc3ccnc4c(C5CCNCC5)cnn34)nc2n(C2CCCC2)c1=O. The van der Waals surface area contributed by atoms with Crippen molar-refractivity contribution in [3.8, 4) is 0 Å². The zero-order chi connectivity index (χ0) is 24.8. The molecule has 1 saturated carbocycles. The second kappa shape index (κ2) is 9.09.